The van der Waals surface area contributed by atoms with Crippen LogP contribution in [0, 0.1) is 0 Å². The van der Waals surface area contributed by atoms with Gasteiger partial charge in [-0.25, -0.2) is 9.36 Å². The summed E-state index contributed by atoms with van der Waals surface area (Å²) >= 11 is 3.27. The molecule has 0 radical (unpaired) electrons. The highest BCUT2D eigenvalue weighted by Gasteiger charge is 1.92. The molecule has 0 aliphatic heterocycles. The maximum absolute atomic E-state index is 10.4. The van der Waals surface area contributed by atoms with Gasteiger partial charge in [-0.05, 0) is 12.8 Å². The van der Waals surface area contributed by atoms with Crippen LogP contribution in [0.2, 0.25) is 0 Å². The first-order valence-corrected chi connectivity index (χ1v) is 6.16. The number of H-pyrrole nitrogens is 1. The van der Waals surface area contributed by atoms with Crippen LogP contribution in [-0.4, -0.2) is 22.9 Å². The zero-order valence-corrected chi connectivity index (χ0v) is 13.0. The number of aromatic nitrogens is 2. The maximum Gasteiger partial charge on any atom is 0.330 e. The van der Waals surface area contributed by atoms with Gasteiger partial charge in [0, 0.05) is 11.4 Å². The Hall–Kier alpha value is -0.620. The molecule has 0 amide bonds. The number of hydrogen-bond acceptors (Lipinski definition) is 2. The Bertz CT molecular complexity index is 290. The van der Waals surface area contributed by atoms with Gasteiger partial charge in [0.25, 0.3) is 0 Å². The summed E-state index contributed by atoms with van der Waals surface area (Å²) in [5.41, 5.74) is 0. The average Bonchev–Trinajstić information content (AvgIpc) is 2.76. The van der Waals surface area contributed by atoms with Crippen molar-refractivity contribution in [2.75, 3.05) is 11.9 Å². The molecular formula is C11H18Br2N2O2. The largest absolute Gasteiger partial charge is 1.00 e. The molecule has 0 saturated heterocycles. The zero-order chi connectivity index (χ0) is 12.2. The smallest absolute Gasteiger partial charge is 0.330 e. The van der Waals surface area contributed by atoms with E-state index in [2.05, 4.69) is 27.5 Å². The van der Waals surface area contributed by atoms with E-state index in [0.717, 1.165) is 18.2 Å². The second-order valence-corrected chi connectivity index (χ2v) is 3.84. The van der Waals surface area contributed by atoms with Gasteiger partial charge in [0.15, 0.2) is 0 Å². The summed E-state index contributed by atoms with van der Waals surface area (Å²) < 4.78 is 6.66. The van der Waals surface area contributed by atoms with Crippen LogP contribution in [0.25, 0.3) is 0 Å². The molecule has 0 fully saturated rings. The van der Waals surface area contributed by atoms with E-state index in [-0.39, 0.29) is 23.0 Å². The fourth-order valence-corrected chi connectivity index (χ4v) is 1.19. The number of aromatic amines is 1. The third-order valence-corrected chi connectivity index (χ3v) is 2.18. The van der Waals surface area contributed by atoms with Crippen molar-refractivity contribution in [3.05, 3.63) is 31.4 Å². The lowest BCUT2D eigenvalue weighted by Gasteiger charge is -1.98. The predicted molar refractivity (Wildman–Crippen MR) is 66.2 cm³/mol. The minimum Gasteiger partial charge on any atom is -1.00 e. The number of unbranched alkanes of at least 4 members (excludes halogenated alkanes) is 1. The molecule has 0 aliphatic rings. The third-order valence-electron chi connectivity index (χ3n) is 1.62. The first-order chi connectivity index (χ1) is 7.70. The molecule has 0 aliphatic carbocycles. The van der Waals surface area contributed by atoms with Crippen molar-refractivity contribution in [2.45, 2.75) is 12.8 Å². The fraction of sp³-hybridized carbons (Fsp3) is 0.455. The van der Waals surface area contributed by atoms with E-state index in [4.69, 9.17) is 4.74 Å². The van der Waals surface area contributed by atoms with Crippen LogP contribution in [0.15, 0.2) is 31.4 Å². The van der Waals surface area contributed by atoms with Crippen molar-refractivity contribution in [3.63, 3.8) is 0 Å². The van der Waals surface area contributed by atoms with Crippen molar-refractivity contribution in [1.29, 1.82) is 0 Å². The number of carbonyl (C=O) groups is 1. The molecular weight excluding hydrogens is 352 g/mol. The summed E-state index contributed by atoms with van der Waals surface area (Å²) in [5, 5.41) is 0.957. The molecule has 4 nitrogen and oxygen atoms in total. The molecule has 1 aromatic rings. The molecule has 0 saturated carbocycles. The lowest BCUT2D eigenvalue weighted by atomic mass is 10.4. The number of imidazole rings is 1. The number of rotatable bonds is 5. The molecule has 0 bridgehead atoms. The first kappa shape index (κ1) is 18.7. The van der Waals surface area contributed by atoms with Crippen LogP contribution in [0.4, 0.5) is 0 Å². The minimum atomic E-state index is -0.338. The van der Waals surface area contributed by atoms with E-state index in [0.29, 0.717) is 6.61 Å². The van der Waals surface area contributed by atoms with Gasteiger partial charge in [-0.15, -0.1) is 0 Å². The Morgan fingerprint density at radius 2 is 2.29 bits per heavy atom. The summed E-state index contributed by atoms with van der Waals surface area (Å²) in [7, 11) is 1.97. The van der Waals surface area contributed by atoms with Gasteiger partial charge in [-0.1, -0.05) is 22.5 Å². The third kappa shape index (κ3) is 13.3. The van der Waals surface area contributed by atoms with E-state index < -0.39 is 0 Å². The van der Waals surface area contributed by atoms with Crippen molar-refractivity contribution >= 4 is 21.9 Å². The van der Waals surface area contributed by atoms with Crippen LogP contribution in [0.3, 0.4) is 0 Å². The molecule has 1 N–H and O–H groups in total. The number of alkyl halides is 1. The Morgan fingerprint density at radius 1 is 1.59 bits per heavy atom. The van der Waals surface area contributed by atoms with E-state index >= 15 is 0 Å². The molecule has 0 unspecified atom stereocenters. The molecule has 0 aromatic carbocycles. The minimum absolute atomic E-state index is 0. The van der Waals surface area contributed by atoms with Crippen LogP contribution in [-0.2, 0) is 16.6 Å². The summed E-state index contributed by atoms with van der Waals surface area (Å²) in [6.07, 6.45) is 8.81. The van der Waals surface area contributed by atoms with Gasteiger partial charge in [0.2, 0.25) is 6.33 Å². The number of carbonyl (C=O) groups excluding carboxylic acids is 1. The predicted octanol–water partition coefficient (Wildman–Crippen LogP) is -1.27. The zero-order valence-electron chi connectivity index (χ0n) is 9.86. The van der Waals surface area contributed by atoms with Gasteiger partial charge in [0.1, 0.15) is 12.4 Å². The van der Waals surface area contributed by atoms with E-state index in [1.807, 2.05) is 30.3 Å². The Kier molecular flexibility index (Phi) is 14.8. The Balaban J connectivity index is 0. The molecule has 0 spiro atoms. The molecule has 0 atom stereocenters. The van der Waals surface area contributed by atoms with Gasteiger partial charge >= 0.3 is 5.97 Å². The maximum atomic E-state index is 10.4. The molecule has 1 rings (SSSR count). The summed E-state index contributed by atoms with van der Waals surface area (Å²) in [6.45, 7) is 3.77. The Morgan fingerprint density at radius 3 is 2.65 bits per heavy atom. The van der Waals surface area contributed by atoms with Crippen molar-refractivity contribution in [1.82, 2.24) is 4.98 Å². The summed E-state index contributed by atoms with van der Waals surface area (Å²) in [6, 6.07) is 0. The van der Waals surface area contributed by atoms with Gasteiger partial charge in [0.05, 0.1) is 13.7 Å². The highest BCUT2D eigenvalue weighted by molar-refractivity contribution is 9.09. The number of nitrogens with one attached hydrogen (secondary N) is 1. The lowest BCUT2D eigenvalue weighted by Crippen LogP contribution is -3.00. The molecule has 17 heavy (non-hydrogen) atoms. The number of halogens is 2. The highest BCUT2D eigenvalue weighted by atomic mass is 79.9. The summed E-state index contributed by atoms with van der Waals surface area (Å²) in [4.78, 5) is 13.3. The van der Waals surface area contributed by atoms with Crippen molar-refractivity contribution in [3.8, 4) is 0 Å². The van der Waals surface area contributed by atoms with E-state index in [1.165, 1.54) is 6.08 Å². The average molecular weight is 370 g/mol. The SMILES string of the molecule is C=CC(=O)OCCCCBr.C[n+]1cc[nH]c1.[Br-]. The Labute approximate surface area is 121 Å². The number of esters is 1. The molecule has 98 valence electrons. The second-order valence-electron chi connectivity index (χ2n) is 3.04. The van der Waals surface area contributed by atoms with Crippen molar-refractivity contribution in [2.24, 2.45) is 7.05 Å². The van der Waals surface area contributed by atoms with Gasteiger partial charge in [-0.2, -0.15) is 0 Å². The molecule has 1 heterocycles. The van der Waals surface area contributed by atoms with Crippen LogP contribution < -0.4 is 21.5 Å². The molecule has 1 aromatic heterocycles. The number of ether oxygens (including phenoxy) is 1. The number of aryl methyl sites for hydroxylation is 1. The highest BCUT2D eigenvalue weighted by Crippen LogP contribution is 1.94. The van der Waals surface area contributed by atoms with E-state index in [1.54, 1.807) is 0 Å². The van der Waals surface area contributed by atoms with Gasteiger partial charge in [-0.3, -0.25) is 4.98 Å². The van der Waals surface area contributed by atoms with Crippen LogP contribution >= 0.6 is 15.9 Å². The standard InChI is InChI=1S/C7H11BrO2.C4H6N2.BrH/c1-2-7(9)10-6-4-3-5-8;1-6-3-2-5-4-6;/h2H,1,3-6H2;2-4H,1H3;1H. The van der Waals surface area contributed by atoms with Crippen LogP contribution in [0.5, 0.6) is 0 Å². The number of nitrogens with zero attached hydrogens (tertiary/aromatic N) is 1. The van der Waals surface area contributed by atoms with Crippen LogP contribution in [0.1, 0.15) is 12.8 Å². The fourth-order valence-electron chi connectivity index (χ4n) is 0.792. The van der Waals surface area contributed by atoms with Gasteiger partial charge < -0.3 is 21.7 Å². The van der Waals surface area contributed by atoms with E-state index in [9.17, 15) is 4.79 Å². The molecule has 6 heteroatoms. The summed E-state index contributed by atoms with van der Waals surface area (Å²) in [5.74, 6) is -0.338. The normalized spacial score (nSPS) is 8.35. The van der Waals surface area contributed by atoms with Crippen molar-refractivity contribution < 1.29 is 31.1 Å². The lowest BCUT2D eigenvalue weighted by molar-refractivity contribution is -0.670. The monoisotopic (exact) mass is 368 g/mol. The quantitative estimate of drug-likeness (QED) is 0.231. The second kappa shape index (κ2) is 13.4. The topological polar surface area (TPSA) is 46.0 Å². The first-order valence-electron chi connectivity index (χ1n) is 5.04. The number of hydrogen-bond donors (Lipinski definition) is 1.